The number of anilines is 1. The van der Waals surface area contributed by atoms with Gasteiger partial charge in [0, 0.05) is 31.2 Å². The highest BCUT2D eigenvalue weighted by molar-refractivity contribution is 6.35. The Kier molecular flexibility index (Phi) is 6.60. The molecular formula is C19H18Cl3N3O2. The number of halogens is 3. The smallest absolute Gasteiger partial charge is 0.255 e. The third-order valence-corrected chi connectivity index (χ3v) is 5.23. The van der Waals surface area contributed by atoms with Gasteiger partial charge in [-0.1, -0.05) is 46.9 Å². The minimum absolute atomic E-state index is 0.0876. The zero-order valence-electron chi connectivity index (χ0n) is 14.4. The van der Waals surface area contributed by atoms with Crippen LogP contribution in [0.4, 0.5) is 5.69 Å². The van der Waals surface area contributed by atoms with Crippen LogP contribution in [0, 0.1) is 0 Å². The highest BCUT2D eigenvalue weighted by Gasteiger charge is 2.24. The molecule has 1 aliphatic rings. The van der Waals surface area contributed by atoms with Crippen molar-refractivity contribution in [2.24, 2.45) is 0 Å². The van der Waals surface area contributed by atoms with E-state index in [-0.39, 0.29) is 18.4 Å². The zero-order valence-corrected chi connectivity index (χ0v) is 16.7. The summed E-state index contributed by atoms with van der Waals surface area (Å²) < 4.78 is 0. The first-order valence-electron chi connectivity index (χ1n) is 8.45. The number of carbonyl (C=O) groups is 2. The molecule has 0 atom stereocenters. The Bertz CT molecular complexity index is 852. The van der Waals surface area contributed by atoms with Gasteiger partial charge in [-0.25, -0.2) is 0 Å². The second-order valence-corrected chi connectivity index (χ2v) is 7.47. The van der Waals surface area contributed by atoms with Crippen LogP contribution in [0.25, 0.3) is 0 Å². The fraction of sp³-hybridized carbons (Fsp3) is 0.263. The number of hydrogen-bond acceptors (Lipinski definition) is 3. The van der Waals surface area contributed by atoms with Gasteiger partial charge < -0.3 is 10.2 Å². The van der Waals surface area contributed by atoms with Crippen LogP contribution in [0.3, 0.4) is 0 Å². The molecule has 142 valence electrons. The largest absolute Gasteiger partial charge is 0.336 e. The van der Waals surface area contributed by atoms with E-state index in [1.165, 1.54) is 0 Å². The van der Waals surface area contributed by atoms with Gasteiger partial charge in [-0.3, -0.25) is 14.5 Å². The molecule has 2 aromatic carbocycles. The maximum atomic E-state index is 12.6. The first kappa shape index (κ1) is 20.0. The molecule has 0 aliphatic carbocycles. The van der Waals surface area contributed by atoms with Gasteiger partial charge in [0.2, 0.25) is 5.91 Å². The number of amides is 2. The third kappa shape index (κ3) is 5.14. The van der Waals surface area contributed by atoms with E-state index in [0.29, 0.717) is 52.5 Å². The van der Waals surface area contributed by atoms with E-state index in [1.54, 1.807) is 47.4 Å². The van der Waals surface area contributed by atoms with Crippen LogP contribution in [0.2, 0.25) is 15.1 Å². The van der Waals surface area contributed by atoms with E-state index < -0.39 is 0 Å². The predicted molar refractivity (Wildman–Crippen MR) is 109 cm³/mol. The van der Waals surface area contributed by atoms with Crippen LogP contribution >= 0.6 is 34.8 Å². The Labute approximate surface area is 172 Å². The number of nitrogens with one attached hydrogen (secondary N) is 1. The molecule has 8 heteroatoms. The normalized spacial score (nSPS) is 14.9. The van der Waals surface area contributed by atoms with Crippen LogP contribution in [0.1, 0.15) is 10.4 Å². The highest BCUT2D eigenvalue weighted by Crippen LogP contribution is 2.25. The summed E-state index contributed by atoms with van der Waals surface area (Å²) in [6.45, 7) is 2.50. The molecule has 1 aliphatic heterocycles. The Morgan fingerprint density at radius 1 is 0.926 bits per heavy atom. The molecule has 0 bridgehead atoms. The molecule has 0 spiro atoms. The van der Waals surface area contributed by atoms with Gasteiger partial charge >= 0.3 is 0 Å². The average molecular weight is 427 g/mol. The zero-order chi connectivity index (χ0) is 19.4. The number of nitrogens with zero attached hydrogens (tertiary/aromatic N) is 2. The molecule has 27 heavy (non-hydrogen) atoms. The fourth-order valence-corrected chi connectivity index (χ4v) is 3.45. The highest BCUT2D eigenvalue weighted by atomic mass is 35.5. The molecule has 2 amide bonds. The summed E-state index contributed by atoms with van der Waals surface area (Å²) in [5.74, 6) is -0.263. The summed E-state index contributed by atoms with van der Waals surface area (Å²) in [5, 5.41) is 4.15. The Morgan fingerprint density at radius 2 is 1.63 bits per heavy atom. The second-order valence-electron chi connectivity index (χ2n) is 6.22. The van der Waals surface area contributed by atoms with Gasteiger partial charge in [0.25, 0.3) is 5.91 Å². The van der Waals surface area contributed by atoms with Crippen molar-refractivity contribution in [1.29, 1.82) is 0 Å². The van der Waals surface area contributed by atoms with Gasteiger partial charge in [0.1, 0.15) is 0 Å². The summed E-state index contributed by atoms with van der Waals surface area (Å²) in [5.41, 5.74) is 0.989. The maximum Gasteiger partial charge on any atom is 0.255 e. The lowest BCUT2D eigenvalue weighted by Crippen LogP contribution is -2.50. The summed E-state index contributed by atoms with van der Waals surface area (Å²) in [4.78, 5) is 28.6. The third-order valence-electron chi connectivity index (χ3n) is 4.33. The molecule has 1 saturated heterocycles. The van der Waals surface area contributed by atoms with Crippen LogP contribution in [0.5, 0.6) is 0 Å². The second kappa shape index (κ2) is 8.93. The van der Waals surface area contributed by atoms with Gasteiger partial charge in [0.05, 0.1) is 27.8 Å². The topological polar surface area (TPSA) is 52.7 Å². The molecule has 0 aromatic heterocycles. The van der Waals surface area contributed by atoms with Crippen molar-refractivity contribution in [1.82, 2.24) is 9.80 Å². The van der Waals surface area contributed by atoms with Crippen LogP contribution in [-0.2, 0) is 4.79 Å². The quantitative estimate of drug-likeness (QED) is 0.802. The molecule has 3 rings (SSSR count). The van der Waals surface area contributed by atoms with Crippen molar-refractivity contribution in [2.45, 2.75) is 0 Å². The van der Waals surface area contributed by atoms with Crippen molar-refractivity contribution in [3.8, 4) is 0 Å². The predicted octanol–water partition coefficient (Wildman–Crippen LogP) is 4.04. The lowest BCUT2D eigenvalue weighted by Gasteiger charge is -2.34. The Hall–Kier alpha value is -1.79. The van der Waals surface area contributed by atoms with Crippen LogP contribution < -0.4 is 5.32 Å². The number of piperazine rings is 1. The van der Waals surface area contributed by atoms with Gasteiger partial charge in [-0.05, 0) is 30.3 Å². The van der Waals surface area contributed by atoms with E-state index >= 15 is 0 Å². The lowest BCUT2D eigenvalue weighted by molar-refractivity contribution is -0.117. The molecule has 1 N–H and O–H groups in total. The van der Waals surface area contributed by atoms with E-state index in [4.69, 9.17) is 34.8 Å². The number of rotatable bonds is 4. The monoisotopic (exact) mass is 425 g/mol. The molecule has 1 heterocycles. The molecule has 0 saturated carbocycles. The summed E-state index contributed by atoms with van der Waals surface area (Å²) in [7, 11) is 0. The summed E-state index contributed by atoms with van der Waals surface area (Å²) in [6.07, 6.45) is 0. The molecule has 1 fully saturated rings. The van der Waals surface area contributed by atoms with E-state index in [2.05, 4.69) is 5.32 Å². The first-order valence-corrected chi connectivity index (χ1v) is 9.58. The Balaban J connectivity index is 1.52. The maximum absolute atomic E-state index is 12.6. The minimum atomic E-state index is -0.176. The van der Waals surface area contributed by atoms with Crippen molar-refractivity contribution in [3.05, 3.63) is 63.1 Å². The van der Waals surface area contributed by atoms with Gasteiger partial charge in [0.15, 0.2) is 0 Å². The van der Waals surface area contributed by atoms with Crippen molar-refractivity contribution >= 4 is 52.3 Å². The fourth-order valence-electron chi connectivity index (χ4n) is 2.90. The van der Waals surface area contributed by atoms with Crippen molar-refractivity contribution < 1.29 is 9.59 Å². The Morgan fingerprint density at radius 3 is 2.33 bits per heavy atom. The molecule has 5 nitrogen and oxygen atoms in total. The molecule has 0 radical (unpaired) electrons. The molecule has 2 aromatic rings. The van der Waals surface area contributed by atoms with Crippen molar-refractivity contribution in [2.75, 3.05) is 38.0 Å². The average Bonchev–Trinajstić information content (AvgIpc) is 2.65. The number of benzene rings is 2. The van der Waals surface area contributed by atoms with Gasteiger partial charge in [-0.15, -0.1) is 0 Å². The number of carbonyl (C=O) groups excluding carboxylic acids is 2. The minimum Gasteiger partial charge on any atom is -0.336 e. The number of hydrogen-bond donors (Lipinski definition) is 1. The molecular weight excluding hydrogens is 409 g/mol. The standard InChI is InChI=1S/C19H18Cl3N3O2/c20-13-5-6-16(22)17(11-13)23-18(26)12-24-7-9-25(10-8-24)19(27)14-3-1-2-4-15(14)21/h1-6,11H,7-10,12H2,(H,23,26). The van der Waals surface area contributed by atoms with Crippen molar-refractivity contribution in [3.63, 3.8) is 0 Å². The summed E-state index contributed by atoms with van der Waals surface area (Å²) >= 11 is 18.1. The SMILES string of the molecule is O=C(CN1CCN(C(=O)c2ccccc2Cl)CC1)Nc1cc(Cl)ccc1Cl. The van der Waals surface area contributed by atoms with Gasteiger partial charge in [-0.2, -0.15) is 0 Å². The molecule has 0 unspecified atom stereocenters. The van der Waals surface area contributed by atoms with E-state index in [0.717, 1.165) is 0 Å². The summed E-state index contributed by atoms with van der Waals surface area (Å²) in [6, 6.07) is 11.9. The van der Waals surface area contributed by atoms with Crippen LogP contribution in [0.15, 0.2) is 42.5 Å². The van der Waals surface area contributed by atoms with E-state index in [9.17, 15) is 9.59 Å². The lowest BCUT2D eigenvalue weighted by atomic mass is 10.2. The first-order chi connectivity index (χ1) is 12.9. The van der Waals surface area contributed by atoms with Crippen LogP contribution in [-0.4, -0.2) is 54.3 Å². The van der Waals surface area contributed by atoms with E-state index in [1.807, 2.05) is 4.90 Å².